The second-order valence-corrected chi connectivity index (χ2v) is 4.79. The Morgan fingerprint density at radius 2 is 1.61 bits per heavy atom. The van der Waals surface area contributed by atoms with Gasteiger partial charge < -0.3 is 10.1 Å². The zero-order valence-electron chi connectivity index (χ0n) is 11.9. The van der Waals surface area contributed by atoms with Crippen LogP contribution in [0, 0.1) is 0 Å². The zero-order chi connectivity index (χ0) is 13.1. The number of nitrogens with one attached hydrogen (secondary N) is 1. The van der Waals surface area contributed by atoms with Gasteiger partial charge >= 0.3 is 0 Å². The minimum absolute atomic E-state index is 0.926. The van der Waals surface area contributed by atoms with E-state index in [4.69, 9.17) is 4.74 Å². The summed E-state index contributed by atoms with van der Waals surface area (Å²) < 4.78 is 5.14. The maximum absolute atomic E-state index is 5.14. The van der Waals surface area contributed by atoms with Crippen LogP contribution in [0.15, 0.2) is 24.3 Å². The summed E-state index contributed by atoms with van der Waals surface area (Å²) in [6.45, 7) is 4.34. The summed E-state index contributed by atoms with van der Waals surface area (Å²) in [6, 6.07) is 8.27. The molecule has 2 heteroatoms. The number of hydrogen-bond acceptors (Lipinski definition) is 2. The van der Waals surface area contributed by atoms with Crippen molar-refractivity contribution in [3.63, 3.8) is 0 Å². The van der Waals surface area contributed by atoms with Crippen LogP contribution in [0.1, 0.15) is 51.0 Å². The molecule has 0 saturated carbocycles. The summed E-state index contributed by atoms with van der Waals surface area (Å²) in [7, 11) is 1.70. The number of unbranched alkanes of at least 4 members (excludes halogenated alkanes) is 5. The highest BCUT2D eigenvalue weighted by molar-refractivity contribution is 5.26. The van der Waals surface area contributed by atoms with Gasteiger partial charge in [0, 0.05) is 6.54 Å². The first-order chi connectivity index (χ1) is 8.86. The summed E-state index contributed by atoms with van der Waals surface area (Å²) in [4.78, 5) is 0. The Balaban J connectivity index is 2.00. The van der Waals surface area contributed by atoms with Crippen LogP contribution in [0.5, 0.6) is 5.75 Å². The van der Waals surface area contributed by atoms with E-state index in [1.807, 2.05) is 12.1 Å². The summed E-state index contributed by atoms with van der Waals surface area (Å²) in [6.07, 6.45) is 8.15. The normalized spacial score (nSPS) is 10.6. The van der Waals surface area contributed by atoms with Crippen LogP contribution in [-0.2, 0) is 6.54 Å². The molecular weight excluding hydrogens is 222 g/mol. The van der Waals surface area contributed by atoms with Crippen LogP contribution in [0.25, 0.3) is 0 Å². The monoisotopic (exact) mass is 249 g/mol. The van der Waals surface area contributed by atoms with Crippen molar-refractivity contribution in [1.29, 1.82) is 0 Å². The molecule has 0 bridgehead atoms. The van der Waals surface area contributed by atoms with E-state index in [0.717, 1.165) is 18.8 Å². The van der Waals surface area contributed by atoms with Crippen molar-refractivity contribution in [1.82, 2.24) is 5.32 Å². The second kappa shape index (κ2) is 9.95. The fourth-order valence-electron chi connectivity index (χ4n) is 2.01. The maximum Gasteiger partial charge on any atom is 0.118 e. The third kappa shape index (κ3) is 6.65. The van der Waals surface area contributed by atoms with Crippen molar-refractivity contribution in [3.8, 4) is 5.75 Å². The molecule has 18 heavy (non-hydrogen) atoms. The Labute approximate surface area is 112 Å². The lowest BCUT2D eigenvalue weighted by Gasteiger charge is -2.06. The fraction of sp³-hybridized carbons (Fsp3) is 0.625. The molecule has 0 amide bonds. The minimum Gasteiger partial charge on any atom is -0.497 e. The first-order valence-corrected chi connectivity index (χ1v) is 7.20. The van der Waals surface area contributed by atoms with Gasteiger partial charge in [-0.15, -0.1) is 0 Å². The van der Waals surface area contributed by atoms with Crippen LogP contribution < -0.4 is 10.1 Å². The lowest BCUT2D eigenvalue weighted by Crippen LogP contribution is -2.14. The van der Waals surface area contributed by atoms with Crippen LogP contribution in [-0.4, -0.2) is 13.7 Å². The number of ether oxygens (including phenoxy) is 1. The molecule has 0 unspecified atom stereocenters. The second-order valence-electron chi connectivity index (χ2n) is 4.79. The highest BCUT2D eigenvalue weighted by atomic mass is 16.5. The Bertz CT molecular complexity index is 294. The average Bonchev–Trinajstić information content (AvgIpc) is 2.42. The summed E-state index contributed by atoms with van der Waals surface area (Å²) >= 11 is 0. The van der Waals surface area contributed by atoms with Crippen molar-refractivity contribution in [2.45, 2.75) is 52.0 Å². The molecule has 1 aromatic rings. The topological polar surface area (TPSA) is 21.3 Å². The number of hydrogen-bond donors (Lipinski definition) is 1. The third-order valence-corrected chi connectivity index (χ3v) is 3.20. The van der Waals surface area contributed by atoms with E-state index in [9.17, 15) is 0 Å². The van der Waals surface area contributed by atoms with E-state index in [1.54, 1.807) is 7.11 Å². The first-order valence-electron chi connectivity index (χ1n) is 7.20. The van der Waals surface area contributed by atoms with Gasteiger partial charge in [0.25, 0.3) is 0 Å². The minimum atomic E-state index is 0.926. The maximum atomic E-state index is 5.14. The Morgan fingerprint density at radius 3 is 2.28 bits per heavy atom. The van der Waals surface area contributed by atoms with E-state index in [-0.39, 0.29) is 0 Å². The van der Waals surface area contributed by atoms with Gasteiger partial charge in [-0.2, -0.15) is 0 Å². The van der Waals surface area contributed by atoms with E-state index in [2.05, 4.69) is 24.4 Å². The van der Waals surface area contributed by atoms with Crippen LogP contribution in [0.2, 0.25) is 0 Å². The Hall–Kier alpha value is -1.02. The molecule has 1 aromatic carbocycles. The lowest BCUT2D eigenvalue weighted by molar-refractivity contribution is 0.414. The molecule has 0 heterocycles. The zero-order valence-corrected chi connectivity index (χ0v) is 11.9. The van der Waals surface area contributed by atoms with Gasteiger partial charge in [-0.05, 0) is 30.7 Å². The van der Waals surface area contributed by atoms with Gasteiger partial charge in [0.05, 0.1) is 7.11 Å². The molecular formula is C16H27NO. The van der Waals surface area contributed by atoms with Crippen molar-refractivity contribution < 1.29 is 4.74 Å². The van der Waals surface area contributed by atoms with Crippen LogP contribution in [0.4, 0.5) is 0 Å². The summed E-state index contributed by atoms with van der Waals surface area (Å²) in [5.41, 5.74) is 1.32. The molecule has 0 aliphatic heterocycles. The average molecular weight is 249 g/mol. The quantitative estimate of drug-likeness (QED) is 0.629. The molecule has 2 nitrogen and oxygen atoms in total. The van der Waals surface area contributed by atoms with Crippen molar-refractivity contribution >= 4 is 0 Å². The lowest BCUT2D eigenvalue weighted by atomic mass is 10.1. The van der Waals surface area contributed by atoms with Crippen molar-refractivity contribution in [3.05, 3.63) is 29.8 Å². The molecule has 0 aliphatic rings. The van der Waals surface area contributed by atoms with E-state index >= 15 is 0 Å². The van der Waals surface area contributed by atoms with Gasteiger partial charge in [-0.25, -0.2) is 0 Å². The van der Waals surface area contributed by atoms with Gasteiger partial charge in [-0.1, -0.05) is 51.2 Å². The molecule has 0 aromatic heterocycles. The molecule has 0 radical (unpaired) electrons. The highest BCUT2D eigenvalue weighted by Gasteiger charge is 1.94. The number of rotatable bonds is 10. The standard InChI is InChI=1S/C16H27NO/c1-3-4-5-6-7-8-13-17-14-15-9-11-16(18-2)12-10-15/h9-12,17H,3-8,13-14H2,1-2H3. The van der Waals surface area contributed by atoms with E-state index < -0.39 is 0 Å². The van der Waals surface area contributed by atoms with Crippen molar-refractivity contribution in [2.75, 3.05) is 13.7 Å². The molecule has 0 saturated heterocycles. The number of benzene rings is 1. The predicted molar refractivity (Wildman–Crippen MR) is 78.1 cm³/mol. The molecule has 0 fully saturated rings. The van der Waals surface area contributed by atoms with Crippen LogP contribution in [0.3, 0.4) is 0 Å². The van der Waals surface area contributed by atoms with E-state index in [1.165, 1.54) is 44.1 Å². The molecule has 0 aliphatic carbocycles. The Morgan fingerprint density at radius 1 is 0.944 bits per heavy atom. The molecule has 102 valence electrons. The van der Waals surface area contributed by atoms with Gasteiger partial charge in [0.15, 0.2) is 0 Å². The van der Waals surface area contributed by atoms with Crippen LogP contribution >= 0.6 is 0 Å². The largest absolute Gasteiger partial charge is 0.497 e. The Kier molecular flexibility index (Phi) is 8.32. The van der Waals surface area contributed by atoms with Gasteiger partial charge in [0.2, 0.25) is 0 Å². The van der Waals surface area contributed by atoms with Crippen molar-refractivity contribution in [2.24, 2.45) is 0 Å². The summed E-state index contributed by atoms with van der Waals surface area (Å²) in [5, 5.41) is 3.49. The van der Waals surface area contributed by atoms with E-state index in [0.29, 0.717) is 0 Å². The fourth-order valence-corrected chi connectivity index (χ4v) is 2.01. The predicted octanol–water partition coefficient (Wildman–Crippen LogP) is 4.15. The molecule has 0 spiro atoms. The van der Waals surface area contributed by atoms with Gasteiger partial charge in [0.1, 0.15) is 5.75 Å². The highest BCUT2D eigenvalue weighted by Crippen LogP contribution is 2.11. The smallest absolute Gasteiger partial charge is 0.118 e. The molecule has 1 N–H and O–H groups in total. The molecule has 1 rings (SSSR count). The van der Waals surface area contributed by atoms with Gasteiger partial charge in [-0.3, -0.25) is 0 Å². The summed E-state index contributed by atoms with van der Waals surface area (Å²) in [5.74, 6) is 0.926. The first kappa shape index (κ1) is 15.0. The molecule has 0 atom stereocenters. The number of methoxy groups -OCH3 is 1. The third-order valence-electron chi connectivity index (χ3n) is 3.20. The SMILES string of the molecule is CCCCCCCCNCc1ccc(OC)cc1.